The Morgan fingerprint density at radius 2 is 1.71 bits per heavy atom. The third kappa shape index (κ3) is 4.20. The van der Waals surface area contributed by atoms with Crippen molar-refractivity contribution in [3.8, 4) is 0 Å². The maximum Gasteiger partial charge on any atom is 0.417 e. The zero-order chi connectivity index (χ0) is 20.7. The summed E-state index contributed by atoms with van der Waals surface area (Å²) in [5, 5.41) is -0.248. The zero-order valence-corrected chi connectivity index (χ0v) is 16.5. The van der Waals surface area contributed by atoms with Gasteiger partial charge in [0.25, 0.3) is 10.0 Å². The largest absolute Gasteiger partial charge is 0.417 e. The number of alkyl halides is 3. The minimum absolute atomic E-state index is 0.0107. The van der Waals surface area contributed by atoms with Gasteiger partial charge < -0.3 is 0 Å². The number of sulfonamides is 2. The molecule has 6 nitrogen and oxygen atoms in total. The van der Waals surface area contributed by atoms with Crippen LogP contribution >= 0.6 is 11.6 Å². The van der Waals surface area contributed by atoms with Crippen molar-refractivity contribution < 1.29 is 30.0 Å². The fourth-order valence-electron chi connectivity index (χ4n) is 2.79. The Labute approximate surface area is 165 Å². The molecule has 0 atom stereocenters. The minimum atomic E-state index is -4.91. The normalized spacial score (nSPS) is 16.9. The smallest absolute Gasteiger partial charge is 0.280 e. The van der Waals surface area contributed by atoms with Crippen molar-refractivity contribution in [1.29, 1.82) is 0 Å². The van der Waals surface area contributed by atoms with Crippen molar-refractivity contribution in [3.63, 3.8) is 0 Å². The van der Waals surface area contributed by atoms with E-state index >= 15 is 0 Å². The van der Waals surface area contributed by atoms with Crippen LogP contribution in [-0.4, -0.2) is 29.1 Å². The number of anilines is 2. The van der Waals surface area contributed by atoms with Crippen molar-refractivity contribution >= 4 is 43.0 Å². The summed E-state index contributed by atoms with van der Waals surface area (Å²) in [6, 6.07) is 7.69. The molecule has 1 heterocycles. The summed E-state index contributed by atoms with van der Waals surface area (Å²) >= 11 is 5.57. The molecule has 0 unspecified atom stereocenters. The van der Waals surface area contributed by atoms with Gasteiger partial charge in [-0.05, 0) is 48.9 Å². The molecule has 0 amide bonds. The predicted octanol–water partition coefficient (Wildman–Crippen LogP) is 3.70. The molecule has 2 aromatic rings. The molecule has 152 valence electrons. The lowest BCUT2D eigenvalue weighted by Gasteiger charge is -2.18. The van der Waals surface area contributed by atoms with Crippen molar-refractivity contribution in [2.45, 2.75) is 17.5 Å². The van der Waals surface area contributed by atoms with Gasteiger partial charge >= 0.3 is 6.18 Å². The predicted molar refractivity (Wildman–Crippen MR) is 99.5 cm³/mol. The average molecular weight is 455 g/mol. The van der Waals surface area contributed by atoms with E-state index in [2.05, 4.69) is 4.72 Å². The number of benzene rings is 2. The van der Waals surface area contributed by atoms with Gasteiger partial charge in [-0.2, -0.15) is 13.2 Å². The van der Waals surface area contributed by atoms with E-state index in [9.17, 15) is 30.0 Å². The Bertz CT molecular complexity index is 1100. The average Bonchev–Trinajstić information content (AvgIpc) is 2.93. The number of nitrogens with one attached hydrogen (secondary N) is 1. The van der Waals surface area contributed by atoms with Crippen LogP contribution in [0.4, 0.5) is 24.5 Å². The summed E-state index contributed by atoms with van der Waals surface area (Å²) in [6.07, 6.45) is -4.43. The molecule has 12 heteroatoms. The number of halogens is 4. The third-order valence-corrected chi connectivity index (χ3v) is 7.59. The first kappa shape index (κ1) is 20.7. The molecular formula is C16H14ClF3N2O4S2. The highest BCUT2D eigenvalue weighted by molar-refractivity contribution is 7.93. The highest BCUT2D eigenvalue weighted by Crippen LogP contribution is 2.36. The lowest BCUT2D eigenvalue weighted by Crippen LogP contribution is -2.25. The van der Waals surface area contributed by atoms with Crippen LogP contribution in [-0.2, 0) is 26.2 Å². The highest BCUT2D eigenvalue weighted by Gasteiger charge is 2.37. The van der Waals surface area contributed by atoms with E-state index in [4.69, 9.17) is 11.6 Å². The summed E-state index contributed by atoms with van der Waals surface area (Å²) in [5.41, 5.74) is -1.04. The molecule has 0 spiro atoms. The second kappa shape index (κ2) is 7.12. The molecule has 1 saturated heterocycles. The van der Waals surface area contributed by atoms with E-state index in [1.54, 1.807) is 0 Å². The fourth-order valence-corrected chi connectivity index (χ4v) is 5.80. The second-order valence-corrected chi connectivity index (χ2v) is 10.1. The summed E-state index contributed by atoms with van der Waals surface area (Å²) < 4.78 is 91.6. The van der Waals surface area contributed by atoms with E-state index in [1.165, 1.54) is 28.6 Å². The van der Waals surface area contributed by atoms with Crippen LogP contribution < -0.4 is 9.03 Å². The number of nitrogens with zero attached hydrogens (tertiary/aromatic N) is 1. The van der Waals surface area contributed by atoms with Crippen molar-refractivity contribution in [2.24, 2.45) is 0 Å². The highest BCUT2D eigenvalue weighted by atomic mass is 35.5. The lowest BCUT2D eigenvalue weighted by atomic mass is 10.2. The Morgan fingerprint density at radius 1 is 1.07 bits per heavy atom. The lowest BCUT2D eigenvalue weighted by molar-refractivity contribution is -0.139. The van der Waals surface area contributed by atoms with Crippen LogP contribution in [0.3, 0.4) is 0 Å². The van der Waals surface area contributed by atoms with Gasteiger partial charge in [0.1, 0.15) is 0 Å². The van der Waals surface area contributed by atoms with Gasteiger partial charge in [-0.1, -0.05) is 11.6 Å². The minimum Gasteiger partial charge on any atom is -0.280 e. The number of hydrogen-bond acceptors (Lipinski definition) is 4. The maximum absolute atomic E-state index is 13.2. The summed E-state index contributed by atoms with van der Waals surface area (Å²) in [6.45, 7) is 0.313. The molecule has 0 saturated carbocycles. The third-order valence-electron chi connectivity index (χ3n) is 4.04. The first-order chi connectivity index (χ1) is 12.9. The van der Waals surface area contributed by atoms with Crippen molar-refractivity contribution in [3.05, 3.63) is 53.1 Å². The summed E-state index contributed by atoms with van der Waals surface area (Å²) in [4.78, 5) is -0.962. The van der Waals surface area contributed by atoms with Gasteiger partial charge in [0.15, 0.2) is 0 Å². The molecule has 1 N–H and O–H groups in total. The molecule has 1 fully saturated rings. The molecule has 1 aliphatic heterocycles. The summed E-state index contributed by atoms with van der Waals surface area (Å²) in [7, 11) is -7.96. The Balaban J connectivity index is 1.90. The van der Waals surface area contributed by atoms with E-state index in [0.717, 1.165) is 12.1 Å². The van der Waals surface area contributed by atoms with Gasteiger partial charge in [0.2, 0.25) is 10.0 Å². The zero-order valence-electron chi connectivity index (χ0n) is 14.1. The van der Waals surface area contributed by atoms with Crippen LogP contribution in [0.25, 0.3) is 0 Å². The van der Waals surface area contributed by atoms with Crippen LogP contribution in [0.1, 0.15) is 12.0 Å². The van der Waals surface area contributed by atoms with Crippen LogP contribution in [0.5, 0.6) is 0 Å². The Kier molecular flexibility index (Phi) is 5.28. The molecule has 1 aliphatic rings. The molecule has 2 aromatic carbocycles. The molecule has 28 heavy (non-hydrogen) atoms. The van der Waals surface area contributed by atoms with Gasteiger partial charge in [0, 0.05) is 17.3 Å². The first-order valence-electron chi connectivity index (χ1n) is 7.90. The monoisotopic (exact) mass is 454 g/mol. The van der Waals surface area contributed by atoms with E-state index in [-0.39, 0.29) is 16.5 Å². The van der Waals surface area contributed by atoms with Crippen LogP contribution in [0, 0.1) is 0 Å². The van der Waals surface area contributed by atoms with Gasteiger partial charge in [-0.15, -0.1) is 0 Å². The quantitative estimate of drug-likeness (QED) is 0.763. The maximum atomic E-state index is 13.2. The summed E-state index contributed by atoms with van der Waals surface area (Å²) in [5.74, 6) is 0.0260. The van der Waals surface area contributed by atoms with Gasteiger partial charge in [-0.3, -0.25) is 9.03 Å². The van der Waals surface area contributed by atoms with E-state index in [0.29, 0.717) is 24.7 Å². The number of hydrogen-bond donors (Lipinski definition) is 1. The standard InChI is InChI=1S/C16H14ClF3N2O4S2/c17-11-2-7-15(14(10-11)16(18,19)20)28(25,26)21-12-3-5-13(6-4-12)22-8-1-9-27(22,23)24/h2-7,10,21H,1,8-9H2. The van der Waals surface area contributed by atoms with Crippen LogP contribution in [0.15, 0.2) is 47.4 Å². The van der Waals surface area contributed by atoms with E-state index < -0.39 is 36.7 Å². The Hall–Kier alpha value is -1.98. The molecule has 0 aliphatic carbocycles. The molecule has 0 aromatic heterocycles. The van der Waals surface area contributed by atoms with Gasteiger partial charge in [0.05, 0.1) is 21.9 Å². The van der Waals surface area contributed by atoms with E-state index in [1.807, 2.05) is 0 Å². The molecule has 0 radical (unpaired) electrons. The van der Waals surface area contributed by atoms with Crippen molar-refractivity contribution in [2.75, 3.05) is 21.3 Å². The van der Waals surface area contributed by atoms with Crippen molar-refractivity contribution in [1.82, 2.24) is 0 Å². The second-order valence-electron chi connectivity index (χ2n) is 6.03. The number of rotatable bonds is 4. The fraction of sp³-hybridized carbons (Fsp3) is 0.250. The molecular weight excluding hydrogens is 441 g/mol. The molecule has 3 rings (SSSR count). The van der Waals surface area contributed by atoms with Crippen LogP contribution in [0.2, 0.25) is 5.02 Å². The topological polar surface area (TPSA) is 83.6 Å². The first-order valence-corrected chi connectivity index (χ1v) is 11.4. The Morgan fingerprint density at radius 3 is 2.25 bits per heavy atom. The molecule has 0 bridgehead atoms. The van der Waals surface area contributed by atoms with Gasteiger partial charge in [-0.25, -0.2) is 16.8 Å². The SMILES string of the molecule is O=S(=O)(Nc1ccc(N2CCCS2(=O)=O)cc1)c1ccc(Cl)cc1C(F)(F)F.